The van der Waals surface area contributed by atoms with E-state index in [4.69, 9.17) is 19.6 Å². The first-order chi connectivity index (χ1) is 19.4. The number of hydrogen-bond donors (Lipinski definition) is 1. The lowest BCUT2D eigenvalue weighted by molar-refractivity contribution is -0.138. The molecule has 2 heterocycles. The van der Waals surface area contributed by atoms with Crippen molar-refractivity contribution in [3.63, 3.8) is 0 Å². The van der Waals surface area contributed by atoms with Crippen molar-refractivity contribution in [3.8, 4) is 5.75 Å². The molecule has 0 aliphatic carbocycles. The Labute approximate surface area is 235 Å². The van der Waals surface area contributed by atoms with Gasteiger partial charge in [0.1, 0.15) is 5.75 Å². The second-order valence-corrected chi connectivity index (χ2v) is 12.2. The molecule has 210 valence electrons. The van der Waals surface area contributed by atoms with Crippen molar-refractivity contribution < 1.29 is 27.8 Å². The summed E-state index contributed by atoms with van der Waals surface area (Å²) in [6.07, 6.45) is 1.52. The Hall–Kier alpha value is -3.69. The number of likely N-dealkylation sites (tertiary alicyclic amines) is 1. The van der Waals surface area contributed by atoms with Gasteiger partial charge in [-0.25, -0.2) is 13.4 Å². The molecule has 2 atom stereocenters. The predicted octanol–water partition coefficient (Wildman–Crippen LogP) is 4.19. The van der Waals surface area contributed by atoms with Crippen molar-refractivity contribution in [1.82, 2.24) is 4.90 Å². The highest BCUT2D eigenvalue weighted by molar-refractivity contribution is 7.91. The number of amides is 1. The van der Waals surface area contributed by atoms with Crippen molar-refractivity contribution >= 4 is 21.6 Å². The molecule has 40 heavy (non-hydrogen) atoms. The van der Waals surface area contributed by atoms with Crippen LogP contribution in [0.15, 0.2) is 94.8 Å². The van der Waals surface area contributed by atoms with Crippen LogP contribution in [0.1, 0.15) is 42.9 Å². The average molecular weight is 563 g/mol. The van der Waals surface area contributed by atoms with E-state index in [1.54, 1.807) is 47.4 Å². The van der Waals surface area contributed by atoms with Gasteiger partial charge in [-0.15, -0.1) is 0 Å². The minimum absolute atomic E-state index is 0.0228. The van der Waals surface area contributed by atoms with Gasteiger partial charge >= 0.3 is 0 Å². The first kappa shape index (κ1) is 27.9. The van der Waals surface area contributed by atoms with Crippen LogP contribution in [-0.2, 0) is 19.4 Å². The summed E-state index contributed by atoms with van der Waals surface area (Å²) in [7, 11) is -3.68. The van der Waals surface area contributed by atoms with Crippen LogP contribution in [0.2, 0.25) is 0 Å². The first-order valence-electron chi connectivity index (χ1n) is 13.7. The molecule has 8 nitrogen and oxygen atoms in total. The molecular weight excluding hydrogens is 528 g/mol. The van der Waals surface area contributed by atoms with Crippen LogP contribution in [0, 0.1) is 0 Å². The zero-order chi connectivity index (χ0) is 28.0. The largest absolute Gasteiger partial charge is 0.494 e. The number of carbonyl (C=O) groups is 1. The van der Waals surface area contributed by atoms with E-state index in [-0.39, 0.29) is 29.6 Å². The Morgan fingerprint density at radius 2 is 1.62 bits per heavy atom. The predicted molar refractivity (Wildman–Crippen MR) is 152 cm³/mol. The van der Waals surface area contributed by atoms with Crippen molar-refractivity contribution in [2.75, 3.05) is 32.1 Å². The van der Waals surface area contributed by atoms with Gasteiger partial charge in [0, 0.05) is 38.1 Å². The molecule has 1 fully saturated rings. The molecule has 1 N–H and O–H groups in total. The number of ether oxygens (including phenoxy) is 2. The fourth-order valence-electron chi connectivity index (χ4n) is 5.21. The smallest absolute Gasteiger partial charge is 0.254 e. The topological polar surface area (TPSA) is 106 Å². The van der Waals surface area contributed by atoms with Gasteiger partial charge in [-0.2, -0.15) is 0 Å². The standard InChI is InChI=1S/C31H34N2O6S/c34-21-9-22-38-26-16-14-25(15-17-26)29-32-31(30(35)33-19-7-8-20-33,28(39-29)24-10-3-1-4-11-24)18-23-40(36,37)27-12-5-2-6-13-27/h1-6,10-17,28,34H,7-9,18-23H2/t28-,31-/m1/s1. The molecule has 0 aromatic heterocycles. The lowest BCUT2D eigenvalue weighted by Gasteiger charge is -2.34. The van der Waals surface area contributed by atoms with Gasteiger partial charge in [-0.1, -0.05) is 48.5 Å². The number of aliphatic imine (C=N–C) groups is 1. The van der Waals surface area contributed by atoms with E-state index in [0.29, 0.717) is 43.3 Å². The fourth-order valence-corrected chi connectivity index (χ4v) is 6.60. The summed E-state index contributed by atoms with van der Waals surface area (Å²) >= 11 is 0. The number of nitrogens with zero attached hydrogens (tertiary/aromatic N) is 2. The first-order valence-corrected chi connectivity index (χ1v) is 15.3. The minimum Gasteiger partial charge on any atom is -0.494 e. The SMILES string of the molecule is O=C(N1CCCC1)[C@]1(CCS(=O)(=O)c2ccccc2)N=C(c2ccc(OCCCO)cc2)O[C@@H]1c1ccccc1. The highest BCUT2D eigenvalue weighted by Gasteiger charge is 2.55. The molecule has 0 saturated carbocycles. The molecule has 0 radical (unpaired) electrons. The van der Waals surface area contributed by atoms with Crippen LogP contribution in [0.5, 0.6) is 5.75 Å². The Morgan fingerprint density at radius 3 is 2.27 bits per heavy atom. The van der Waals surface area contributed by atoms with Gasteiger partial charge in [-0.05, 0) is 54.8 Å². The molecule has 9 heteroatoms. The summed E-state index contributed by atoms with van der Waals surface area (Å²) in [5, 5.41) is 9.00. The molecule has 0 unspecified atom stereocenters. The number of sulfone groups is 1. The van der Waals surface area contributed by atoms with Gasteiger partial charge in [0.15, 0.2) is 21.5 Å². The molecule has 3 aromatic carbocycles. The van der Waals surface area contributed by atoms with Crippen LogP contribution in [0.3, 0.4) is 0 Å². The maximum atomic E-state index is 14.3. The number of benzene rings is 3. The van der Waals surface area contributed by atoms with E-state index in [0.717, 1.165) is 18.4 Å². The van der Waals surface area contributed by atoms with Crippen molar-refractivity contribution in [2.45, 2.75) is 42.2 Å². The quantitative estimate of drug-likeness (QED) is 0.352. The van der Waals surface area contributed by atoms with Gasteiger partial charge in [0.05, 0.1) is 17.3 Å². The van der Waals surface area contributed by atoms with E-state index in [2.05, 4.69) is 0 Å². The number of aliphatic hydroxyl groups is 1. The number of aliphatic hydroxyl groups excluding tert-OH is 1. The Morgan fingerprint density at radius 1 is 0.975 bits per heavy atom. The van der Waals surface area contributed by atoms with Gasteiger partial charge in [-0.3, -0.25) is 4.79 Å². The normalized spacial score (nSPS) is 20.7. The van der Waals surface area contributed by atoms with Crippen LogP contribution in [0.25, 0.3) is 0 Å². The molecule has 2 aliphatic rings. The third kappa shape index (κ3) is 5.90. The van der Waals surface area contributed by atoms with E-state index in [1.165, 1.54) is 0 Å². The van der Waals surface area contributed by atoms with Crippen LogP contribution < -0.4 is 4.74 Å². The fraction of sp³-hybridized carbons (Fsp3) is 0.355. The van der Waals surface area contributed by atoms with Crippen LogP contribution in [-0.4, -0.2) is 67.8 Å². The van der Waals surface area contributed by atoms with Gasteiger partial charge in [0.2, 0.25) is 5.90 Å². The van der Waals surface area contributed by atoms with Gasteiger partial charge < -0.3 is 19.5 Å². The van der Waals surface area contributed by atoms with Crippen LogP contribution in [0.4, 0.5) is 0 Å². The Bertz CT molecular complexity index is 1420. The van der Waals surface area contributed by atoms with Crippen molar-refractivity contribution in [2.24, 2.45) is 4.99 Å². The summed E-state index contributed by atoms with van der Waals surface area (Å²) in [6, 6.07) is 24.9. The average Bonchev–Trinajstić information content (AvgIpc) is 3.67. The zero-order valence-electron chi connectivity index (χ0n) is 22.3. The number of rotatable bonds is 11. The van der Waals surface area contributed by atoms with Gasteiger partial charge in [0.25, 0.3) is 5.91 Å². The third-order valence-electron chi connectivity index (χ3n) is 7.36. The number of hydrogen-bond acceptors (Lipinski definition) is 7. The molecular formula is C31H34N2O6S. The van der Waals surface area contributed by atoms with E-state index in [9.17, 15) is 13.2 Å². The Balaban J connectivity index is 1.54. The van der Waals surface area contributed by atoms with E-state index in [1.807, 2.05) is 42.5 Å². The van der Waals surface area contributed by atoms with E-state index >= 15 is 0 Å². The van der Waals surface area contributed by atoms with Crippen molar-refractivity contribution in [3.05, 3.63) is 96.1 Å². The summed E-state index contributed by atoms with van der Waals surface area (Å²) in [4.78, 5) is 21.3. The Kier molecular flexibility index (Phi) is 8.52. The minimum atomic E-state index is -3.68. The lowest BCUT2D eigenvalue weighted by atomic mass is 9.84. The molecule has 3 aromatic rings. The molecule has 5 rings (SSSR count). The summed E-state index contributed by atoms with van der Waals surface area (Å²) < 4.78 is 38.9. The molecule has 0 bridgehead atoms. The lowest BCUT2D eigenvalue weighted by Crippen LogP contribution is -2.50. The second kappa shape index (κ2) is 12.2. The maximum absolute atomic E-state index is 14.3. The monoisotopic (exact) mass is 562 g/mol. The molecule has 1 amide bonds. The number of carbonyl (C=O) groups excluding carboxylic acids is 1. The summed E-state index contributed by atoms with van der Waals surface area (Å²) in [5.41, 5.74) is -0.0218. The third-order valence-corrected chi connectivity index (χ3v) is 9.09. The van der Waals surface area contributed by atoms with Crippen molar-refractivity contribution in [1.29, 1.82) is 0 Å². The molecule has 2 aliphatic heterocycles. The highest BCUT2D eigenvalue weighted by atomic mass is 32.2. The maximum Gasteiger partial charge on any atom is 0.254 e. The summed E-state index contributed by atoms with van der Waals surface area (Å²) in [5.74, 6) is 0.475. The van der Waals surface area contributed by atoms with E-state index < -0.39 is 21.5 Å². The second-order valence-electron chi connectivity index (χ2n) is 10.1. The summed E-state index contributed by atoms with van der Waals surface area (Å²) in [6.45, 7) is 1.67. The molecule has 0 spiro atoms. The van der Waals surface area contributed by atoms with Crippen LogP contribution >= 0.6 is 0 Å². The zero-order valence-corrected chi connectivity index (χ0v) is 23.1. The molecule has 1 saturated heterocycles. The highest BCUT2D eigenvalue weighted by Crippen LogP contribution is 2.44.